The minimum atomic E-state index is -0.134. The van der Waals surface area contributed by atoms with Crippen LogP contribution >= 0.6 is 11.3 Å². The minimum Gasteiger partial charge on any atom is -0.311 e. The first-order valence-electron chi connectivity index (χ1n) is 23.5. The van der Waals surface area contributed by atoms with Crippen LogP contribution in [-0.4, -0.2) is 11.7 Å². The molecular formula is C59H67BN4S. The highest BCUT2D eigenvalue weighted by atomic mass is 32.1. The van der Waals surface area contributed by atoms with Gasteiger partial charge in [0.15, 0.2) is 5.13 Å². The van der Waals surface area contributed by atoms with Crippen LogP contribution in [0.3, 0.4) is 0 Å². The van der Waals surface area contributed by atoms with Crippen LogP contribution in [0.15, 0.2) is 133 Å². The van der Waals surface area contributed by atoms with Crippen molar-refractivity contribution in [2.24, 2.45) is 0 Å². The molecule has 0 bridgehead atoms. The summed E-state index contributed by atoms with van der Waals surface area (Å²) in [4.78, 5) is 13.4. The summed E-state index contributed by atoms with van der Waals surface area (Å²) in [5, 5.41) is 2.10. The lowest BCUT2D eigenvalue weighted by Gasteiger charge is -2.44. The van der Waals surface area contributed by atoms with Crippen molar-refractivity contribution in [3.05, 3.63) is 161 Å². The standard InChI is InChI=1S/C59H67BN4S/c1-55(2,3)38-26-29-45(30-27-38)63-48-31-28-39(56(4,5)6)35-47(48)60-51-49(63)36-42(59(13,14)15)37-50(51)64(46-33-40(57(7,8)9)32-41(34-46)58(10,11)12)53-52(60)61-54(65-53)62(43-22-18-16-19-23-43)44-24-20-17-21-25-44/h16-37H,1-15H3. The van der Waals surface area contributed by atoms with Crippen molar-refractivity contribution in [2.45, 2.75) is 131 Å². The van der Waals surface area contributed by atoms with Gasteiger partial charge in [-0.3, -0.25) is 4.90 Å². The van der Waals surface area contributed by atoms with Crippen LogP contribution in [0.5, 0.6) is 0 Å². The number of rotatable bonds is 5. The first-order chi connectivity index (χ1) is 30.4. The summed E-state index contributed by atoms with van der Waals surface area (Å²) in [6.45, 7) is 34.9. The van der Waals surface area contributed by atoms with Gasteiger partial charge in [0.2, 0.25) is 0 Å². The van der Waals surface area contributed by atoms with Crippen LogP contribution in [0.4, 0.5) is 49.9 Å². The van der Waals surface area contributed by atoms with Crippen LogP contribution in [0, 0.1) is 0 Å². The van der Waals surface area contributed by atoms with Gasteiger partial charge in [0, 0.05) is 39.8 Å². The summed E-state index contributed by atoms with van der Waals surface area (Å²) in [5.74, 6) is 0. The van der Waals surface area contributed by atoms with Crippen LogP contribution in [0.25, 0.3) is 0 Å². The predicted octanol–water partition coefficient (Wildman–Crippen LogP) is 15.2. The van der Waals surface area contributed by atoms with Crippen molar-refractivity contribution in [2.75, 3.05) is 14.7 Å². The SMILES string of the molecule is CC(C)(C)c1ccc(N2c3ccc(C(C)(C)C)cc3B3c4nc(N(c5ccccc5)c5ccccc5)sc4N(c4cc(C(C)(C)C)cc(C(C)(C)C)c4)c4cc(C(C)(C)C)cc2c43)cc1. The highest BCUT2D eigenvalue weighted by molar-refractivity contribution is 7.23. The summed E-state index contributed by atoms with van der Waals surface area (Å²) >= 11 is 1.80. The van der Waals surface area contributed by atoms with Gasteiger partial charge in [-0.25, -0.2) is 4.98 Å². The van der Waals surface area contributed by atoms with E-state index in [1.807, 2.05) is 0 Å². The number of anilines is 9. The smallest absolute Gasteiger partial charge is 0.276 e. The lowest BCUT2D eigenvalue weighted by Crippen LogP contribution is -2.62. The number of aromatic nitrogens is 1. The number of thiazole rings is 1. The Morgan fingerprint density at radius 1 is 0.431 bits per heavy atom. The average molecular weight is 875 g/mol. The molecule has 0 saturated carbocycles. The fraction of sp³-hybridized carbons (Fsp3) is 0.339. The molecule has 2 aliphatic heterocycles. The Morgan fingerprint density at radius 2 is 0.892 bits per heavy atom. The molecular weight excluding hydrogens is 808 g/mol. The van der Waals surface area contributed by atoms with E-state index in [0.717, 1.165) is 32.8 Å². The van der Waals surface area contributed by atoms with Gasteiger partial charge in [-0.2, -0.15) is 0 Å². The lowest BCUT2D eigenvalue weighted by molar-refractivity contribution is 0.569. The quantitative estimate of drug-likeness (QED) is 0.161. The second-order valence-electron chi connectivity index (χ2n) is 23.6. The summed E-state index contributed by atoms with van der Waals surface area (Å²) < 4.78 is 0. The Bertz CT molecular complexity index is 2820. The fourth-order valence-electron chi connectivity index (χ4n) is 9.39. The molecule has 9 rings (SSSR count). The number of hydrogen-bond donors (Lipinski definition) is 0. The molecule has 6 aromatic carbocycles. The van der Waals surface area contributed by atoms with Crippen molar-refractivity contribution >= 4 is 84.5 Å². The normalized spacial score (nSPS) is 14.0. The van der Waals surface area contributed by atoms with Crippen LogP contribution < -0.4 is 31.2 Å². The molecule has 65 heavy (non-hydrogen) atoms. The Hall–Kier alpha value is -5.59. The maximum Gasteiger partial charge on any atom is 0.276 e. The van der Waals surface area contributed by atoms with Crippen LogP contribution in [0.2, 0.25) is 0 Å². The molecule has 0 unspecified atom stereocenters. The molecule has 332 valence electrons. The molecule has 4 nitrogen and oxygen atoms in total. The highest BCUT2D eigenvalue weighted by Crippen LogP contribution is 2.51. The molecule has 0 aliphatic carbocycles. The zero-order valence-corrected chi connectivity index (χ0v) is 42.3. The number of hydrogen-bond acceptors (Lipinski definition) is 5. The second kappa shape index (κ2) is 15.5. The average Bonchev–Trinajstić information content (AvgIpc) is 3.66. The fourth-order valence-corrected chi connectivity index (χ4v) is 10.6. The van der Waals surface area contributed by atoms with E-state index in [4.69, 9.17) is 4.98 Å². The van der Waals surface area contributed by atoms with Gasteiger partial charge in [-0.1, -0.05) is 182 Å². The Morgan fingerprint density at radius 3 is 1.38 bits per heavy atom. The van der Waals surface area contributed by atoms with Gasteiger partial charge in [-0.15, -0.1) is 0 Å². The van der Waals surface area contributed by atoms with E-state index in [2.05, 4.69) is 252 Å². The van der Waals surface area contributed by atoms with E-state index in [1.165, 1.54) is 61.5 Å². The number of benzene rings is 6. The highest BCUT2D eigenvalue weighted by Gasteiger charge is 2.47. The maximum atomic E-state index is 5.93. The molecule has 1 aromatic heterocycles. The van der Waals surface area contributed by atoms with Crippen LogP contribution in [0.1, 0.15) is 132 Å². The molecule has 2 aliphatic rings. The Labute approximate surface area is 394 Å². The molecule has 3 heterocycles. The van der Waals surface area contributed by atoms with E-state index in [9.17, 15) is 0 Å². The molecule has 6 heteroatoms. The summed E-state index contributed by atoms with van der Waals surface area (Å²) in [6.07, 6.45) is 0. The van der Waals surface area contributed by atoms with Gasteiger partial charge in [0.25, 0.3) is 6.71 Å². The summed E-state index contributed by atoms with van der Waals surface area (Å²) in [7, 11) is 0. The third kappa shape index (κ3) is 8.11. The third-order valence-corrected chi connectivity index (χ3v) is 14.5. The zero-order valence-electron chi connectivity index (χ0n) is 41.5. The third-order valence-electron chi connectivity index (χ3n) is 13.4. The van der Waals surface area contributed by atoms with Crippen molar-refractivity contribution < 1.29 is 0 Å². The van der Waals surface area contributed by atoms with Crippen molar-refractivity contribution in [1.82, 2.24) is 4.98 Å². The van der Waals surface area contributed by atoms with Gasteiger partial charge in [-0.05, 0) is 133 Å². The minimum absolute atomic E-state index is 0.0382. The van der Waals surface area contributed by atoms with E-state index in [0.29, 0.717) is 0 Å². The van der Waals surface area contributed by atoms with Gasteiger partial charge >= 0.3 is 0 Å². The molecule has 7 aromatic rings. The van der Waals surface area contributed by atoms with Crippen molar-refractivity contribution in [3.8, 4) is 0 Å². The zero-order chi connectivity index (χ0) is 46.6. The van der Waals surface area contributed by atoms with Gasteiger partial charge in [0.05, 0.1) is 5.59 Å². The first-order valence-corrected chi connectivity index (χ1v) is 24.3. The van der Waals surface area contributed by atoms with E-state index < -0.39 is 0 Å². The van der Waals surface area contributed by atoms with Crippen molar-refractivity contribution in [1.29, 1.82) is 0 Å². The van der Waals surface area contributed by atoms with E-state index >= 15 is 0 Å². The van der Waals surface area contributed by atoms with E-state index in [-0.39, 0.29) is 33.8 Å². The predicted molar refractivity (Wildman–Crippen MR) is 284 cm³/mol. The summed E-state index contributed by atoms with van der Waals surface area (Å²) in [6, 6.07) is 50.4. The molecule has 0 atom stereocenters. The maximum absolute atomic E-state index is 5.93. The Balaban J connectivity index is 1.43. The second-order valence-corrected chi connectivity index (χ2v) is 24.5. The first kappa shape index (κ1) is 44.6. The molecule has 0 spiro atoms. The van der Waals surface area contributed by atoms with Gasteiger partial charge < -0.3 is 9.80 Å². The number of fused-ring (bicyclic) bond motifs is 4. The molecule has 0 radical (unpaired) electrons. The number of nitrogens with zero attached hydrogens (tertiary/aromatic N) is 4. The topological polar surface area (TPSA) is 22.6 Å². The Kier molecular flexibility index (Phi) is 10.6. The van der Waals surface area contributed by atoms with Gasteiger partial charge in [0.1, 0.15) is 5.00 Å². The lowest BCUT2D eigenvalue weighted by atomic mass is 9.35. The monoisotopic (exact) mass is 875 g/mol. The van der Waals surface area contributed by atoms with E-state index in [1.54, 1.807) is 11.3 Å². The largest absolute Gasteiger partial charge is 0.311 e. The summed E-state index contributed by atoms with van der Waals surface area (Å²) in [5.41, 5.74) is 18.1. The molecule has 0 saturated heterocycles. The van der Waals surface area contributed by atoms with Crippen molar-refractivity contribution in [3.63, 3.8) is 0 Å². The molecule has 0 amide bonds. The number of para-hydroxylation sites is 2. The molecule has 0 N–H and O–H groups in total. The molecule has 0 fully saturated rings. The van der Waals surface area contributed by atoms with Crippen LogP contribution in [-0.2, 0) is 27.1 Å².